The molecule has 2 aliphatic rings. The average Bonchev–Trinajstić information content (AvgIpc) is 3.26. The van der Waals surface area contributed by atoms with Gasteiger partial charge in [0.2, 0.25) is 11.8 Å². The molecule has 3 heterocycles. The van der Waals surface area contributed by atoms with Gasteiger partial charge in [-0.3, -0.25) is 4.79 Å². The molecule has 1 fully saturated rings. The third-order valence-electron chi connectivity index (χ3n) is 4.62. The molecule has 1 aromatic heterocycles. The standard InChI is InChI=1S/C17H20N4O2/c1-12-18-16(19-23-12)11-17(22)21-9-6-13-4-5-14(10-15(13)21)20-7-2-3-8-20/h4-5,10H,2-3,6-9,11H2,1H3. The van der Waals surface area contributed by atoms with Crippen molar-refractivity contribution < 1.29 is 9.32 Å². The zero-order valence-electron chi connectivity index (χ0n) is 13.3. The van der Waals surface area contributed by atoms with Crippen LogP contribution in [-0.4, -0.2) is 35.7 Å². The van der Waals surface area contributed by atoms with Gasteiger partial charge in [0.05, 0.1) is 6.42 Å². The van der Waals surface area contributed by atoms with Crippen LogP contribution in [-0.2, 0) is 17.6 Å². The van der Waals surface area contributed by atoms with Gasteiger partial charge in [-0.05, 0) is 37.0 Å². The summed E-state index contributed by atoms with van der Waals surface area (Å²) in [6.45, 7) is 4.67. The first-order valence-corrected chi connectivity index (χ1v) is 8.18. The summed E-state index contributed by atoms with van der Waals surface area (Å²) in [7, 11) is 0. The zero-order chi connectivity index (χ0) is 15.8. The van der Waals surface area contributed by atoms with Gasteiger partial charge in [0.15, 0.2) is 5.82 Å². The van der Waals surface area contributed by atoms with E-state index in [-0.39, 0.29) is 12.3 Å². The molecule has 2 aromatic rings. The van der Waals surface area contributed by atoms with Crippen LogP contribution < -0.4 is 9.80 Å². The highest BCUT2D eigenvalue weighted by Gasteiger charge is 2.27. The first kappa shape index (κ1) is 14.2. The molecule has 0 atom stereocenters. The maximum atomic E-state index is 12.6. The second-order valence-electron chi connectivity index (χ2n) is 6.21. The molecule has 0 spiro atoms. The Bertz CT molecular complexity index is 734. The Labute approximate surface area is 135 Å². The number of rotatable bonds is 3. The molecule has 1 saturated heterocycles. The van der Waals surface area contributed by atoms with Crippen LogP contribution >= 0.6 is 0 Å². The van der Waals surface area contributed by atoms with Gasteiger partial charge < -0.3 is 14.3 Å². The van der Waals surface area contributed by atoms with Crippen LogP contribution in [0.15, 0.2) is 22.7 Å². The summed E-state index contributed by atoms with van der Waals surface area (Å²) in [5.41, 5.74) is 3.50. The minimum Gasteiger partial charge on any atom is -0.371 e. The predicted octanol–water partition coefficient (Wildman–Crippen LogP) is 2.11. The van der Waals surface area contributed by atoms with Gasteiger partial charge in [-0.25, -0.2) is 0 Å². The van der Waals surface area contributed by atoms with E-state index < -0.39 is 0 Å². The van der Waals surface area contributed by atoms with E-state index in [2.05, 4.69) is 33.2 Å². The van der Waals surface area contributed by atoms with Gasteiger partial charge in [-0.15, -0.1) is 0 Å². The zero-order valence-corrected chi connectivity index (χ0v) is 13.3. The van der Waals surface area contributed by atoms with Crippen LogP contribution in [0.3, 0.4) is 0 Å². The molecule has 0 unspecified atom stereocenters. The van der Waals surface area contributed by atoms with Crippen molar-refractivity contribution >= 4 is 17.3 Å². The van der Waals surface area contributed by atoms with Crippen LogP contribution in [0.1, 0.15) is 30.1 Å². The normalized spacial score (nSPS) is 16.9. The summed E-state index contributed by atoms with van der Waals surface area (Å²) in [6.07, 6.45) is 3.59. The molecule has 0 N–H and O–H groups in total. The van der Waals surface area contributed by atoms with E-state index in [0.717, 1.165) is 31.7 Å². The van der Waals surface area contributed by atoms with Crippen LogP contribution in [0, 0.1) is 6.92 Å². The molecule has 6 heteroatoms. The van der Waals surface area contributed by atoms with Crippen molar-refractivity contribution in [2.24, 2.45) is 0 Å². The lowest BCUT2D eigenvalue weighted by Crippen LogP contribution is -2.30. The fourth-order valence-corrected chi connectivity index (χ4v) is 3.44. The van der Waals surface area contributed by atoms with Gasteiger partial charge in [0.1, 0.15) is 0 Å². The topological polar surface area (TPSA) is 62.5 Å². The van der Waals surface area contributed by atoms with E-state index in [1.807, 2.05) is 4.90 Å². The summed E-state index contributed by atoms with van der Waals surface area (Å²) in [5.74, 6) is 0.978. The lowest BCUT2D eigenvalue weighted by atomic mass is 10.1. The van der Waals surface area contributed by atoms with E-state index in [4.69, 9.17) is 4.52 Å². The number of aromatic nitrogens is 2. The number of hydrogen-bond acceptors (Lipinski definition) is 5. The highest BCUT2D eigenvalue weighted by atomic mass is 16.5. The maximum Gasteiger partial charge on any atom is 0.234 e. The number of aryl methyl sites for hydroxylation is 1. The van der Waals surface area contributed by atoms with E-state index in [1.165, 1.54) is 24.1 Å². The summed E-state index contributed by atoms with van der Waals surface area (Å²) in [6, 6.07) is 6.50. The van der Waals surface area contributed by atoms with Crippen LogP contribution in [0.5, 0.6) is 0 Å². The Kier molecular flexibility index (Phi) is 3.52. The first-order chi connectivity index (χ1) is 11.2. The predicted molar refractivity (Wildman–Crippen MR) is 86.7 cm³/mol. The summed E-state index contributed by atoms with van der Waals surface area (Å²) >= 11 is 0. The number of nitrogens with zero attached hydrogens (tertiary/aromatic N) is 4. The second kappa shape index (κ2) is 5.68. The highest BCUT2D eigenvalue weighted by Crippen LogP contribution is 2.33. The summed E-state index contributed by atoms with van der Waals surface area (Å²) in [4.78, 5) is 21.0. The number of hydrogen-bond donors (Lipinski definition) is 0. The van der Waals surface area contributed by atoms with Crippen molar-refractivity contribution in [1.29, 1.82) is 0 Å². The minimum atomic E-state index is 0.0307. The van der Waals surface area contributed by atoms with Gasteiger partial charge in [-0.1, -0.05) is 11.2 Å². The molecule has 0 bridgehead atoms. The first-order valence-electron chi connectivity index (χ1n) is 8.18. The molecular formula is C17H20N4O2. The molecule has 1 aromatic carbocycles. The van der Waals surface area contributed by atoms with Crippen molar-refractivity contribution in [1.82, 2.24) is 10.1 Å². The van der Waals surface area contributed by atoms with Gasteiger partial charge in [0, 0.05) is 37.9 Å². The third kappa shape index (κ3) is 2.69. The molecule has 6 nitrogen and oxygen atoms in total. The molecule has 0 saturated carbocycles. The molecule has 2 aliphatic heterocycles. The molecule has 4 rings (SSSR count). The highest BCUT2D eigenvalue weighted by molar-refractivity contribution is 5.97. The SMILES string of the molecule is Cc1nc(CC(=O)N2CCc3ccc(N4CCCC4)cc32)no1. The summed E-state index contributed by atoms with van der Waals surface area (Å²) in [5, 5.41) is 3.82. The minimum absolute atomic E-state index is 0.0307. The Morgan fingerprint density at radius 1 is 1.26 bits per heavy atom. The lowest BCUT2D eigenvalue weighted by Gasteiger charge is -2.21. The summed E-state index contributed by atoms with van der Waals surface area (Å²) < 4.78 is 4.95. The fraction of sp³-hybridized carbons (Fsp3) is 0.471. The Balaban J connectivity index is 1.56. The van der Waals surface area contributed by atoms with Crippen LogP contribution in [0.25, 0.3) is 0 Å². The molecular weight excluding hydrogens is 292 g/mol. The van der Waals surface area contributed by atoms with Gasteiger partial charge in [-0.2, -0.15) is 4.98 Å². The van der Waals surface area contributed by atoms with E-state index >= 15 is 0 Å². The number of carbonyl (C=O) groups excluding carboxylic acids is 1. The lowest BCUT2D eigenvalue weighted by molar-refractivity contribution is -0.118. The number of benzene rings is 1. The van der Waals surface area contributed by atoms with Crippen molar-refractivity contribution in [3.63, 3.8) is 0 Å². The van der Waals surface area contributed by atoms with Crippen molar-refractivity contribution in [2.45, 2.75) is 32.6 Å². The monoisotopic (exact) mass is 312 g/mol. The van der Waals surface area contributed by atoms with E-state index in [0.29, 0.717) is 11.7 Å². The smallest absolute Gasteiger partial charge is 0.234 e. The van der Waals surface area contributed by atoms with Crippen molar-refractivity contribution in [2.75, 3.05) is 29.4 Å². The maximum absolute atomic E-state index is 12.6. The van der Waals surface area contributed by atoms with Gasteiger partial charge >= 0.3 is 0 Å². The molecule has 1 amide bonds. The Morgan fingerprint density at radius 2 is 2.09 bits per heavy atom. The fourth-order valence-electron chi connectivity index (χ4n) is 3.44. The van der Waals surface area contributed by atoms with E-state index in [9.17, 15) is 4.79 Å². The molecule has 0 aliphatic carbocycles. The molecule has 120 valence electrons. The number of carbonyl (C=O) groups is 1. The number of amides is 1. The van der Waals surface area contributed by atoms with Crippen LogP contribution in [0.2, 0.25) is 0 Å². The van der Waals surface area contributed by atoms with Crippen molar-refractivity contribution in [3.05, 3.63) is 35.5 Å². The number of anilines is 2. The van der Waals surface area contributed by atoms with Crippen LogP contribution in [0.4, 0.5) is 11.4 Å². The quantitative estimate of drug-likeness (QED) is 0.868. The second-order valence-corrected chi connectivity index (χ2v) is 6.21. The number of fused-ring (bicyclic) bond motifs is 1. The molecule has 0 radical (unpaired) electrons. The Morgan fingerprint density at radius 3 is 2.83 bits per heavy atom. The third-order valence-corrected chi connectivity index (χ3v) is 4.62. The largest absolute Gasteiger partial charge is 0.371 e. The van der Waals surface area contributed by atoms with Crippen molar-refractivity contribution in [3.8, 4) is 0 Å². The molecule has 23 heavy (non-hydrogen) atoms. The van der Waals surface area contributed by atoms with E-state index in [1.54, 1.807) is 6.92 Å². The average molecular weight is 312 g/mol. The van der Waals surface area contributed by atoms with Gasteiger partial charge in [0.25, 0.3) is 0 Å². The Hall–Kier alpha value is -2.37.